The lowest BCUT2D eigenvalue weighted by atomic mass is 9.99. The Hall–Kier alpha value is -1.28. The first kappa shape index (κ1) is 10.2. The van der Waals surface area contributed by atoms with Crippen LogP contribution in [0.3, 0.4) is 0 Å². The van der Waals surface area contributed by atoms with Gasteiger partial charge in [0, 0.05) is 29.1 Å². The lowest BCUT2D eigenvalue weighted by Crippen LogP contribution is -1.98. The van der Waals surface area contributed by atoms with Gasteiger partial charge in [-0.25, -0.2) is 0 Å². The molecule has 2 heteroatoms. The van der Waals surface area contributed by atoms with Crippen LogP contribution in [0.2, 0.25) is 0 Å². The molecule has 1 atom stereocenters. The third kappa shape index (κ3) is 1.65. The van der Waals surface area contributed by atoms with Crippen molar-refractivity contribution < 1.29 is 5.11 Å². The summed E-state index contributed by atoms with van der Waals surface area (Å²) in [6, 6.07) is 6.35. The maximum Gasteiger partial charge on any atom is 0.0497 e. The molecule has 80 valence electrons. The third-order valence-corrected chi connectivity index (χ3v) is 3.18. The van der Waals surface area contributed by atoms with Crippen LogP contribution < -0.4 is 0 Å². The molecule has 0 saturated carbocycles. The lowest BCUT2D eigenvalue weighted by Gasteiger charge is -2.08. The van der Waals surface area contributed by atoms with Crippen molar-refractivity contribution in [2.75, 3.05) is 6.61 Å². The van der Waals surface area contributed by atoms with Crippen LogP contribution in [0, 0.1) is 13.8 Å². The summed E-state index contributed by atoms with van der Waals surface area (Å²) in [6.07, 6.45) is 0. The molecule has 1 aromatic carbocycles. The van der Waals surface area contributed by atoms with E-state index in [1.807, 2.05) is 6.92 Å². The summed E-state index contributed by atoms with van der Waals surface area (Å²) < 4.78 is 0. The van der Waals surface area contributed by atoms with Gasteiger partial charge < -0.3 is 10.1 Å². The van der Waals surface area contributed by atoms with Crippen LogP contribution in [-0.4, -0.2) is 16.7 Å². The minimum absolute atomic E-state index is 0.202. The topological polar surface area (TPSA) is 36.0 Å². The molecule has 1 aromatic heterocycles. The SMILES string of the molecule is Cc1[nH]c2ccc(C(C)CO)cc2c1C. The van der Waals surface area contributed by atoms with Crippen LogP contribution in [0.25, 0.3) is 10.9 Å². The molecule has 2 rings (SSSR count). The average Bonchev–Trinajstić information content (AvgIpc) is 2.54. The van der Waals surface area contributed by atoms with Gasteiger partial charge in [-0.1, -0.05) is 13.0 Å². The van der Waals surface area contributed by atoms with Crippen molar-refractivity contribution in [3.8, 4) is 0 Å². The number of nitrogens with one attached hydrogen (secondary N) is 1. The Labute approximate surface area is 89.9 Å². The van der Waals surface area contributed by atoms with Gasteiger partial charge in [0.2, 0.25) is 0 Å². The standard InChI is InChI=1S/C13H17NO/c1-8(7-15)11-4-5-13-12(6-11)9(2)10(3)14-13/h4-6,8,14-15H,7H2,1-3H3. The lowest BCUT2D eigenvalue weighted by molar-refractivity contribution is 0.273. The zero-order valence-electron chi connectivity index (χ0n) is 9.46. The molecule has 15 heavy (non-hydrogen) atoms. The summed E-state index contributed by atoms with van der Waals surface area (Å²) in [5.41, 5.74) is 4.90. The van der Waals surface area contributed by atoms with Gasteiger partial charge in [0.1, 0.15) is 0 Å². The number of aliphatic hydroxyl groups is 1. The molecule has 2 N–H and O–H groups in total. The van der Waals surface area contributed by atoms with Crippen LogP contribution in [0.4, 0.5) is 0 Å². The Morgan fingerprint density at radius 3 is 2.73 bits per heavy atom. The smallest absolute Gasteiger partial charge is 0.0497 e. The van der Waals surface area contributed by atoms with Crippen molar-refractivity contribution in [2.45, 2.75) is 26.7 Å². The average molecular weight is 203 g/mol. The van der Waals surface area contributed by atoms with Crippen LogP contribution in [0.15, 0.2) is 18.2 Å². The molecule has 0 radical (unpaired) electrons. The molecular weight excluding hydrogens is 186 g/mol. The molecule has 0 aliphatic carbocycles. The highest BCUT2D eigenvalue weighted by Crippen LogP contribution is 2.25. The number of aromatic nitrogens is 1. The number of aliphatic hydroxyl groups excluding tert-OH is 1. The molecule has 0 saturated heterocycles. The largest absolute Gasteiger partial charge is 0.396 e. The van der Waals surface area contributed by atoms with Crippen LogP contribution in [-0.2, 0) is 0 Å². The van der Waals surface area contributed by atoms with E-state index in [2.05, 4.69) is 37.0 Å². The van der Waals surface area contributed by atoms with E-state index in [0.717, 1.165) is 0 Å². The highest BCUT2D eigenvalue weighted by molar-refractivity contribution is 5.85. The molecule has 1 unspecified atom stereocenters. The summed E-state index contributed by atoms with van der Waals surface area (Å²) in [5, 5.41) is 10.4. The second-order valence-corrected chi connectivity index (χ2v) is 4.26. The van der Waals surface area contributed by atoms with E-state index < -0.39 is 0 Å². The van der Waals surface area contributed by atoms with Crippen molar-refractivity contribution >= 4 is 10.9 Å². The normalized spacial score (nSPS) is 13.3. The Bertz CT molecular complexity index is 484. The number of hydrogen-bond donors (Lipinski definition) is 2. The Morgan fingerprint density at radius 2 is 2.07 bits per heavy atom. The predicted molar refractivity (Wildman–Crippen MR) is 63.3 cm³/mol. The number of hydrogen-bond acceptors (Lipinski definition) is 1. The van der Waals surface area contributed by atoms with Gasteiger partial charge in [-0.2, -0.15) is 0 Å². The van der Waals surface area contributed by atoms with E-state index in [4.69, 9.17) is 5.11 Å². The Kier molecular flexibility index (Phi) is 2.53. The number of aryl methyl sites for hydroxylation is 2. The second-order valence-electron chi connectivity index (χ2n) is 4.26. The van der Waals surface area contributed by atoms with Crippen LogP contribution >= 0.6 is 0 Å². The predicted octanol–water partition coefficient (Wildman–Crippen LogP) is 2.88. The van der Waals surface area contributed by atoms with Gasteiger partial charge in [0.25, 0.3) is 0 Å². The van der Waals surface area contributed by atoms with E-state index >= 15 is 0 Å². The summed E-state index contributed by atoms with van der Waals surface area (Å²) in [7, 11) is 0. The fourth-order valence-corrected chi connectivity index (χ4v) is 1.89. The maximum absolute atomic E-state index is 9.13. The van der Waals surface area contributed by atoms with Crippen molar-refractivity contribution in [3.63, 3.8) is 0 Å². The maximum atomic E-state index is 9.13. The minimum Gasteiger partial charge on any atom is -0.396 e. The molecule has 0 bridgehead atoms. The van der Waals surface area contributed by atoms with Crippen LogP contribution in [0.1, 0.15) is 29.7 Å². The quantitative estimate of drug-likeness (QED) is 0.773. The van der Waals surface area contributed by atoms with E-state index in [1.54, 1.807) is 0 Å². The molecule has 2 aromatic rings. The molecule has 0 fully saturated rings. The van der Waals surface area contributed by atoms with Crippen molar-refractivity contribution in [1.29, 1.82) is 0 Å². The first-order valence-electron chi connectivity index (χ1n) is 5.33. The van der Waals surface area contributed by atoms with Crippen molar-refractivity contribution in [3.05, 3.63) is 35.0 Å². The number of H-pyrrole nitrogens is 1. The van der Waals surface area contributed by atoms with Crippen molar-refractivity contribution in [2.24, 2.45) is 0 Å². The fourth-order valence-electron chi connectivity index (χ4n) is 1.89. The zero-order chi connectivity index (χ0) is 11.0. The molecule has 0 aliphatic rings. The van der Waals surface area contributed by atoms with Gasteiger partial charge in [0.05, 0.1) is 0 Å². The molecule has 2 nitrogen and oxygen atoms in total. The van der Waals surface area contributed by atoms with Crippen molar-refractivity contribution in [1.82, 2.24) is 4.98 Å². The first-order chi connectivity index (χ1) is 7.13. The van der Waals surface area contributed by atoms with Crippen LogP contribution in [0.5, 0.6) is 0 Å². The molecule has 0 spiro atoms. The van der Waals surface area contributed by atoms with E-state index in [-0.39, 0.29) is 12.5 Å². The van der Waals surface area contributed by atoms with E-state index in [1.165, 1.54) is 27.7 Å². The minimum atomic E-state index is 0.202. The summed E-state index contributed by atoms with van der Waals surface area (Å²) in [5.74, 6) is 0.212. The third-order valence-electron chi connectivity index (χ3n) is 3.18. The molecule has 0 aliphatic heterocycles. The molecule has 1 heterocycles. The van der Waals surface area contributed by atoms with Gasteiger partial charge in [-0.15, -0.1) is 0 Å². The number of aromatic amines is 1. The Morgan fingerprint density at radius 1 is 1.33 bits per heavy atom. The van der Waals surface area contributed by atoms with Gasteiger partial charge in [-0.05, 0) is 37.1 Å². The summed E-state index contributed by atoms with van der Waals surface area (Å²) in [4.78, 5) is 3.35. The number of benzene rings is 1. The first-order valence-corrected chi connectivity index (χ1v) is 5.33. The monoisotopic (exact) mass is 203 g/mol. The second kappa shape index (κ2) is 3.70. The number of rotatable bonds is 2. The Balaban J connectivity index is 2.59. The highest BCUT2D eigenvalue weighted by atomic mass is 16.3. The van der Waals surface area contributed by atoms with E-state index in [9.17, 15) is 0 Å². The number of fused-ring (bicyclic) bond motifs is 1. The summed E-state index contributed by atoms with van der Waals surface area (Å²) in [6.45, 7) is 6.45. The zero-order valence-corrected chi connectivity index (χ0v) is 9.46. The molecular formula is C13H17NO. The highest BCUT2D eigenvalue weighted by Gasteiger charge is 2.08. The van der Waals surface area contributed by atoms with Gasteiger partial charge in [0.15, 0.2) is 0 Å². The fraction of sp³-hybridized carbons (Fsp3) is 0.385. The van der Waals surface area contributed by atoms with Gasteiger partial charge in [-0.3, -0.25) is 0 Å². The van der Waals surface area contributed by atoms with E-state index in [0.29, 0.717) is 0 Å². The van der Waals surface area contributed by atoms with Gasteiger partial charge >= 0.3 is 0 Å². The molecule has 0 amide bonds. The summed E-state index contributed by atoms with van der Waals surface area (Å²) >= 11 is 0.